The monoisotopic (exact) mass is 527 g/mol. The lowest BCUT2D eigenvalue weighted by Gasteiger charge is -2.22. The molecule has 0 fully saturated rings. The quantitative estimate of drug-likeness (QED) is 0.450. The van der Waals surface area contributed by atoms with E-state index in [2.05, 4.69) is 15.5 Å². The lowest BCUT2D eigenvalue weighted by molar-refractivity contribution is 0.0966. The zero-order chi connectivity index (χ0) is 26.0. The predicted octanol–water partition coefficient (Wildman–Crippen LogP) is 2.62. The molecule has 0 radical (unpaired) electrons. The Balaban J connectivity index is 1.58. The molecule has 4 amide bonds. The Kier molecular flexibility index (Phi) is 7.11. The number of sulfonamides is 1. The number of thiophene rings is 1. The van der Waals surface area contributed by atoms with Gasteiger partial charge in [0.05, 0.1) is 16.1 Å². The van der Waals surface area contributed by atoms with Crippen LogP contribution in [0.3, 0.4) is 0 Å². The number of nitrogens with one attached hydrogen (secondary N) is 2. The third kappa shape index (κ3) is 5.10. The molecule has 1 aromatic heterocycles. The fourth-order valence-electron chi connectivity index (χ4n) is 3.92. The van der Waals surface area contributed by atoms with Gasteiger partial charge in [0.15, 0.2) is 0 Å². The molecule has 4 N–H and O–H groups in total. The topological polar surface area (TPSA) is 142 Å². The van der Waals surface area contributed by atoms with Crippen molar-refractivity contribution in [1.82, 2.24) is 10.2 Å². The molecule has 0 saturated heterocycles. The maximum absolute atomic E-state index is 13.0. The van der Waals surface area contributed by atoms with E-state index in [4.69, 9.17) is 5.73 Å². The maximum atomic E-state index is 13.0. The fourth-order valence-corrected chi connectivity index (χ4v) is 6.44. The normalized spacial score (nSPS) is 13.5. The van der Waals surface area contributed by atoms with Crippen LogP contribution in [0, 0.1) is 0 Å². The van der Waals surface area contributed by atoms with Gasteiger partial charge in [-0.2, -0.15) is 0 Å². The lowest BCUT2D eigenvalue weighted by atomic mass is 10.0. The van der Waals surface area contributed by atoms with Crippen LogP contribution in [0.15, 0.2) is 59.5 Å². The van der Waals surface area contributed by atoms with Crippen LogP contribution in [0.4, 0.5) is 15.5 Å². The third-order valence-electron chi connectivity index (χ3n) is 5.83. The Hall–Kier alpha value is -3.74. The molecular weight excluding hydrogens is 502 g/mol. The predicted molar refractivity (Wildman–Crippen MR) is 138 cm³/mol. The number of fused-ring (bicyclic) bond motifs is 1. The van der Waals surface area contributed by atoms with Gasteiger partial charge in [-0.25, -0.2) is 13.2 Å². The molecule has 0 atom stereocenters. The molecule has 1 aliphatic heterocycles. The van der Waals surface area contributed by atoms with Crippen molar-refractivity contribution >= 4 is 49.9 Å². The van der Waals surface area contributed by atoms with E-state index in [9.17, 15) is 22.8 Å². The number of nitrogens with zero attached hydrogens (tertiary/aromatic N) is 2. The van der Waals surface area contributed by atoms with Gasteiger partial charge in [0.1, 0.15) is 5.00 Å². The summed E-state index contributed by atoms with van der Waals surface area (Å²) in [6.45, 7) is 1.33. The first-order valence-corrected chi connectivity index (χ1v) is 13.2. The SMILES string of the molecule is CN1CCc2c(sc(NC(=O)c3ccc(S(=O)(=O)N(C)c4ccccc4)cc3)c2C(=O)NC(N)=O)C1. The van der Waals surface area contributed by atoms with Crippen LogP contribution < -0.4 is 20.7 Å². The van der Waals surface area contributed by atoms with Crippen molar-refractivity contribution in [2.24, 2.45) is 5.73 Å². The minimum atomic E-state index is -3.83. The Morgan fingerprint density at radius 3 is 2.33 bits per heavy atom. The average molecular weight is 528 g/mol. The van der Waals surface area contributed by atoms with Crippen molar-refractivity contribution in [3.05, 3.63) is 76.2 Å². The van der Waals surface area contributed by atoms with Gasteiger partial charge >= 0.3 is 6.03 Å². The highest BCUT2D eigenvalue weighted by atomic mass is 32.2. The van der Waals surface area contributed by atoms with Gasteiger partial charge in [-0.3, -0.25) is 19.2 Å². The number of hydrogen-bond donors (Lipinski definition) is 3. The van der Waals surface area contributed by atoms with Crippen LogP contribution in [0.2, 0.25) is 0 Å². The van der Waals surface area contributed by atoms with Gasteiger partial charge in [0.25, 0.3) is 21.8 Å². The zero-order valence-electron chi connectivity index (χ0n) is 19.6. The summed E-state index contributed by atoms with van der Waals surface area (Å²) in [5.74, 6) is -1.19. The zero-order valence-corrected chi connectivity index (χ0v) is 21.3. The number of likely N-dealkylation sites (N-methyl/N-ethyl adjacent to an activating group) is 1. The second-order valence-corrected chi connectivity index (χ2v) is 11.4. The van der Waals surface area contributed by atoms with E-state index < -0.39 is 27.9 Å². The second kappa shape index (κ2) is 10.1. The highest BCUT2D eigenvalue weighted by Crippen LogP contribution is 2.37. The van der Waals surface area contributed by atoms with Crippen LogP contribution in [0.1, 0.15) is 31.2 Å². The number of benzene rings is 2. The standard InChI is InChI=1S/C24H25N5O5S2/c1-28-13-12-18-19(14-28)35-23(20(18)22(31)27-24(25)32)26-21(30)15-8-10-17(11-9-15)36(33,34)29(2)16-6-4-3-5-7-16/h3-11H,12-14H2,1-2H3,(H,26,30)(H3,25,27,31,32). The van der Waals surface area contributed by atoms with Crippen molar-refractivity contribution in [1.29, 1.82) is 0 Å². The first kappa shape index (κ1) is 25.4. The number of anilines is 2. The van der Waals surface area contributed by atoms with Crippen LogP contribution in [-0.2, 0) is 23.0 Å². The number of urea groups is 1. The molecule has 0 spiro atoms. The van der Waals surface area contributed by atoms with Gasteiger partial charge in [0.2, 0.25) is 0 Å². The number of rotatable bonds is 6. The van der Waals surface area contributed by atoms with Crippen LogP contribution in [0.25, 0.3) is 0 Å². The molecule has 0 unspecified atom stereocenters. The lowest BCUT2D eigenvalue weighted by Crippen LogP contribution is -2.36. The summed E-state index contributed by atoms with van der Waals surface area (Å²) in [6.07, 6.45) is 0.585. The summed E-state index contributed by atoms with van der Waals surface area (Å²) in [5, 5.41) is 5.13. The van der Waals surface area contributed by atoms with E-state index in [1.165, 1.54) is 47.0 Å². The van der Waals surface area contributed by atoms with Crippen molar-refractivity contribution in [2.45, 2.75) is 17.9 Å². The smallest absolute Gasteiger partial charge is 0.319 e. The molecule has 2 heterocycles. The number of amides is 4. The molecule has 36 heavy (non-hydrogen) atoms. The Morgan fingerprint density at radius 1 is 1.03 bits per heavy atom. The van der Waals surface area contributed by atoms with Gasteiger partial charge in [-0.15, -0.1) is 11.3 Å². The van der Waals surface area contributed by atoms with E-state index in [1.807, 2.05) is 7.05 Å². The highest BCUT2D eigenvalue weighted by molar-refractivity contribution is 7.92. The van der Waals surface area contributed by atoms with E-state index in [-0.39, 0.29) is 16.0 Å². The number of imide groups is 1. The molecule has 12 heteroatoms. The Labute approximate surface area is 212 Å². The number of primary amides is 1. The summed E-state index contributed by atoms with van der Waals surface area (Å²) in [4.78, 5) is 40.0. The maximum Gasteiger partial charge on any atom is 0.319 e. The molecule has 0 aliphatic carbocycles. The molecular formula is C24H25N5O5S2. The molecule has 10 nitrogen and oxygen atoms in total. The summed E-state index contributed by atoms with van der Waals surface area (Å²) in [6, 6.07) is 13.2. The number of carbonyl (C=O) groups is 3. The Morgan fingerprint density at radius 2 is 1.69 bits per heavy atom. The molecule has 4 rings (SSSR count). The van der Waals surface area contributed by atoms with Gasteiger partial charge in [0, 0.05) is 30.6 Å². The first-order valence-electron chi connectivity index (χ1n) is 11.0. The Bertz CT molecular complexity index is 1420. The summed E-state index contributed by atoms with van der Waals surface area (Å²) >= 11 is 1.26. The molecule has 1 aliphatic rings. The fraction of sp³-hybridized carbons (Fsp3) is 0.208. The molecule has 0 bridgehead atoms. The van der Waals surface area contributed by atoms with Gasteiger partial charge in [-0.05, 0) is 55.4 Å². The summed E-state index contributed by atoms with van der Waals surface area (Å²) in [5.41, 5.74) is 6.85. The van der Waals surface area contributed by atoms with E-state index in [0.717, 1.165) is 17.0 Å². The molecule has 3 aromatic rings. The van der Waals surface area contributed by atoms with Crippen LogP contribution in [-0.4, -0.2) is 51.8 Å². The van der Waals surface area contributed by atoms with Crippen molar-refractivity contribution < 1.29 is 22.8 Å². The second-order valence-electron chi connectivity index (χ2n) is 8.30. The van der Waals surface area contributed by atoms with Crippen molar-refractivity contribution in [3.63, 3.8) is 0 Å². The van der Waals surface area contributed by atoms with Crippen molar-refractivity contribution in [3.8, 4) is 0 Å². The summed E-state index contributed by atoms with van der Waals surface area (Å²) < 4.78 is 27.1. The summed E-state index contributed by atoms with van der Waals surface area (Å²) in [7, 11) is -0.416. The van der Waals surface area contributed by atoms with E-state index in [1.54, 1.807) is 30.3 Å². The van der Waals surface area contributed by atoms with E-state index in [0.29, 0.717) is 23.7 Å². The first-order chi connectivity index (χ1) is 17.1. The minimum Gasteiger partial charge on any atom is -0.351 e. The number of hydrogen-bond acceptors (Lipinski definition) is 7. The third-order valence-corrected chi connectivity index (χ3v) is 8.77. The van der Waals surface area contributed by atoms with E-state index >= 15 is 0 Å². The van der Waals surface area contributed by atoms with Crippen LogP contribution >= 0.6 is 11.3 Å². The average Bonchev–Trinajstić information content (AvgIpc) is 3.20. The van der Waals surface area contributed by atoms with Gasteiger partial charge < -0.3 is 16.0 Å². The number of carbonyl (C=O) groups excluding carboxylic acids is 3. The van der Waals surface area contributed by atoms with Crippen molar-refractivity contribution in [2.75, 3.05) is 30.3 Å². The number of nitrogens with two attached hydrogens (primary N) is 1. The number of para-hydroxylation sites is 1. The van der Waals surface area contributed by atoms with Crippen LogP contribution in [0.5, 0.6) is 0 Å². The molecule has 2 aromatic carbocycles. The largest absolute Gasteiger partial charge is 0.351 e. The minimum absolute atomic E-state index is 0.0292. The highest BCUT2D eigenvalue weighted by Gasteiger charge is 2.29. The van der Waals surface area contributed by atoms with Gasteiger partial charge in [-0.1, -0.05) is 18.2 Å². The molecule has 0 saturated carbocycles. The molecule has 188 valence electrons.